The second kappa shape index (κ2) is 6.69. The molecule has 0 saturated carbocycles. The van der Waals surface area contributed by atoms with E-state index in [2.05, 4.69) is 10.3 Å². The molecule has 1 rings (SSSR count). The fraction of sp³-hybridized carbons (Fsp3) is 0.500. The highest BCUT2D eigenvalue weighted by Crippen LogP contribution is 2.24. The highest BCUT2D eigenvalue weighted by molar-refractivity contribution is 5.79. The van der Waals surface area contributed by atoms with Gasteiger partial charge in [-0.1, -0.05) is 0 Å². The smallest absolute Gasteiger partial charge is 0.276 e. The van der Waals surface area contributed by atoms with Crippen molar-refractivity contribution in [2.75, 3.05) is 23.3 Å². The number of nitrogens with one attached hydrogen (secondary N) is 1. The Morgan fingerprint density at radius 3 is 2.65 bits per heavy atom. The maximum atomic E-state index is 11.1. The standard InChI is InChI=1S/C12H19N5O3/c1-4-14-11-5-9(17(19)20)6-12(15-11)16(8(2)3)7-10(13)18/h5-6,8H,4,7H2,1-3H3,(H2,13,18)(H,14,15). The molecule has 0 aliphatic rings. The molecule has 0 spiro atoms. The third-order valence-corrected chi connectivity index (χ3v) is 2.61. The first-order valence-corrected chi connectivity index (χ1v) is 6.30. The lowest BCUT2D eigenvalue weighted by Crippen LogP contribution is -2.39. The summed E-state index contributed by atoms with van der Waals surface area (Å²) >= 11 is 0. The van der Waals surface area contributed by atoms with Crippen LogP contribution in [-0.2, 0) is 4.79 Å². The van der Waals surface area contributed by atoms with E-state index in [-0.39, 0.29) is 18.3 Å². The monoisotopic (exact) mass is 281 g/mol. The molecular weight excluding hydrogens is 262 g/mol. The second-order valence-corrected chi connectivity index (χ2v) is 4.54. The zero-order valence-electron chi connectivity index (χ0n) is 11.8. The van der Waals surface area contributed by atoms with E-state index in [4.69, 9.17) is 5.73 Å². The number of anilines is 2. The number of carbonyl (C=O) groups is 1. The molecule has 110 valence electrons. The zero-order valence-corrected chi connectivity index (χ0v) is 11.8. The van der Waals surface area contributed by atoms with Crippen molar-refractivity contribution in [2.45, 2.75) is 26.8 Å². The number of aromatic nitrogens is 1. The van der Waals surface area contributed by atoms with Gasteiger partial charge in [0.15, 0.2) is 0 Å². The zero-order chi connectivity index (χ0) is 15.3. The van der Waals surface area contributed by atoms with Crippen LogP contribution in [0.2, 0.25) is 0 Å². The molecule has 1 aromatic rings. The Morgan fingerprint density at radius 2 is 2.20 bits per heavy atom. The number of carbonyl (C=O) groups excluding carboxylic acids is 1. The third kappa shape index (κ3) is 4.08. The molecule has 0 aliphatic heterocycles. The summed E-state index contributed by atoms with van der Waals surface area (Å²) in [5.41, 5.74) is 5.12. The maximum absolute atomic E-state index is 11.1. The Morgan fingerprint density at radius 1 is 1.55 bits per heavy atom. The average molecular weight is 281 g/mol. The summed E-state index contributed by atoms with van der Waals surface area (Å²) in [6.45, 7) is 6.12. The van der Waals surface area contributed by atoms with Crippen LogP contribution in [0.5, 0.6) is 0 Å². The van der Waals surface area contributed by atoms with E-state index < -0.39 is 10.8 Å². The molecule has 0 saturated heterocycles. The van der Waals surface area contributed by atoms with Gasteiger partial charge in [-0.25, -0.2) is 4.98 Å². The van der Waals surface area contributed by atoms with Gasteiger partial charge in [-0.15, -0.1) is 0 Å². The van der Waals surface area contributed by atoms with Crippen molar-refractivity contribution in [2.24, 2.45) is 5.73 Å². The number of amides is 1. The lowest BCUT2D eigenvalue weighted by molar-refractivity contribution is -0.384. The fourth-order valence-corrected chi connectivity index (χ4v) is 1.72. The number of rotatable bonds is 7. The Hall–Kier alpha value is -2.38. The molecule has 8 nitrogen and oxygen atoms in total. The van der Waals surface area contributed by atoms with Crippen LogP contribution in [-0.4, -0.2) is 34.9 Å². The van der Waals surface area contributed by atoms with E-state index in [1.54, 1.807) is 4.90 Å². The van der Waals surface area contributed by atoms with Crippen molar-refractivity contribution >= 4 is 23.2 Å². The average Bonchev–Trinajstić information content (AvgIpc) is 2.35. The minimum atomic E-state index is -0.517. The van der Waals surface area contributed by atoms with Gasteiger partial charge in [0.2, 0.25) is 5.91 Å². The van der Waals surface area contributed by atoms with Crippen molar-refractivity contribution in [3.05, 3.63) is 22.2 Å². The van der Waals surface area contributed by atoms with E-state index in [0.29, 0.717) is 18.2 Å². The van der Waals surface area contributed by atoms with Crippen molar-refractivity contribution in [3.63, 3.8) is 0 Å². The number of nitrogens with zero attached hydrogens (tertiary/aromatic N) is 3. The van der Waals surface area contributed by atoms with Crippen molar-refractivity contribution in [1.82, 2.24) is 4.98 Å². The van der Waals surface area contributed by atoms with E-state index in [0.717, 1.165) is 0 Å². The largest absolute Gasteiger partial charge is 0.370 e. The molecule has 3 N–H and O–H groups in total. The van der Waals surface area contributed by atoms with E-state index in [1.807, 2.05) is 20.8 Å². The first kappa shape index (κ1) is 15.7. The van der Waals surface area contributed by atoms with Gasteiger partial charge in [0.05, 0.1) is 23.6 Å². The molecule has 0 unspecified atom stereocenters. The van der Waals surface area contributed by atoms with Crippen molar-refractivity contribution < 1.29 is 9.72 Å². The van der Waals surface area contributed by atoms with Crippen LogP contribution in [0.3, 0.4) is 0 Å². The van der Waals surface area contributed by atoms with Gasteiger partial charge in [0.1, 0.15) is 11.6 Å². The Kier molecular flexibility index (Phi) is 5.24. The van der Waals surface area contributed by atoms with Gasteiger partial charge >= 0.3 is 0 Å². The molecule has 0 atom stereocenters. The van der Waals surface area contributed by atoms with Crippen LogP contribution in [0.15, 0.2) is 12.1 Å². The molecule has 20 heavy (non-hydrogen) atoms. The molecular formula is C12H19N5O3. The summed E-state index contributed by atoms with van der Waals surface area (Å²) in [6.07, 6.45) is 0. The first-order valence-electron chi connectivity index (χ1n) is 6.30. The Labute approximate surface area is 117 Å². The van der Waals surface area contributed by atoms with Crippen LogP contribution in [0.1, 0.15) is 20.8 Å². The van der Waals surface area contributed by atoms with Gasteiger partial charge < -0.3 is 16.0 Å². The predicted molar refractivity (Wildman–Crippen MR) is 76.7 cm³/mol. The molecule has 0 aromatic carbocycles. The molecule has 1 amide bonds. The summed E-state index contributed by atoms with van der Waals surface area (Å²) in [6, 6.07) is 2.63. The summed E-state index contributed by atoms with van der Waals surface area (Å²) in [5.74, 6) is 0.229. The summed E-state index contributed by atoms with van der Waals surface area (Å²) < 4.78 is 0. The topological polar surface area (TPSA) is 114 Å². The summed E-state index contributed by atoms with van der Waals surface area (Å²) in [5, 5.41) is 13.9. The molecule has 0 aliphatic carbocycles. The van der Waals surface area contributed by atoms with Crippen LogP contribution >= 0.6 is 0 Å². The number of nitrogens with two attached hydrogens (primary N) is 1. The van der Waals surface area contributed by atoms with E-state index in [9.17, 15) is 14.9 Å². The number of nitro groups is 1. The van der Waals surface area contributed by atoms with Gasteiger partial charge in [-0.3, -0.25) is 14.9 Å². The van der Waals surface area contributed by atoms with Gasteiger partial charge in [0, 0.05) is 12.6 Å². The minimum absolute atomic E-state index is 0.0442. The van der Waals surface area contributed by atoms with Crippen molar-refractivity contribution in [3.8, 4) is 0 Å². The Bertz CT molecular complexity index is 504. The number of pyridine rings is 1. The first-order chi connectivity index (χ1) is 9.35. The molecule has 1 aromatic heterocycles. The highest BCUT2D eigenvalue weighted by atomic mass is 16.6. The second-order valence-electron chi connectivity index (χ2n) is 4.54. The number of hydrogen-bond donors (Lipinski definition) is 2. The molecule has 1 heterocycles. The normalized spacial score (nSPS) is 10.4. The highest BCUT2D eigenvalue weighted by Gasteiger charge is 2.19. The Balaban J connectivity index is 3.24. The number of primary amides is 1. The lowest BCUT2D eigenvalue weighted by Gasteiger charge is -2.26. The van der Waals surface area contributed by atoms with Crippen LogP contribution in [0.25, 0.3) is 0 Å². The van der Waals surface area contributed by atoms with Gasteiger partial charge in [-0.05, 0) is 20.8 Å². The van der Waals surface area contributed by atoms with Crippen LogP contribution < -0.4 is 16.0 Å². The summed E-state index contributed by atoms with van der Waals surface area (Å²) in [4.78, 5) is 27.5. The SMILES string of the molecule is CCNc1cc([N+](=O)[O-])cc(N(CC(N)=O)C(C)C)n1. The molecule has 0 bridgehead atoms. The molecule has 8 heteroatoms. The van der Waals surface area contributed by atoms with Gasteiger partial charge in [-0.2, -0.15) is 0 Å². The quantitative estimate of drug-likeness (QED) is 0.571. The number of hydrogen-bond acceptors (Lipinski definition) is 6. The van der Waals surface area contributed by atoms with Crippen LogP contribution in [0.4, 0.5) is 17.3 Å². The van der Waals surface area contributed by atoms with Crippen molar-refractivity contribution in [1.29, 1.82) is 0 Å². The van der Waals surface area contributed by atoms with Gasteiger partial charge in [0.25, 0.3) is 5.69 Å². The van der Waals surface area contributed by atoms with E-state index >= 15 is 0 Å². The fourth-order valence-electron chi connectivity index (χ4n) is 1.72. The third-order valence-electron chi connectivity index (χ3n) is 2.61. The van der Waals surface area contributed by atoms with Crippen LogP contribution in [0, 0.1) is 10.1 Å². The minimum Gasteiger partial charge on any atom is -0.370 e. The molecule has 0 radical (unpaired) electrons. The molecule has 0 fully saturated rings. The lowest BCUT2D eigenvalue weighted by atomic mass is 10.2. The van der Waals surface area contributed by atoms with E-state index in [1.165, 1.54) is 12.1 Å². The maximum Gasteiger partial charge on any atom is 0.276 e. The predicted octanol–water partition coefficient (Wildman–Crippen LogP) is 1.12. The summed E-state index contributed by atoms with van der Waals surface area (Å²) in [7, 11) is 0.